The number of carbonyl (C=O) groups is 1. The van der Waals surface area contributed by atoms with Gasteiger partial charge in [0.15, 0.2) is 0 Å². The highest BCUT2D eigenvalue weighted by molar-refractivity contribution is 7.17. The van der Waals surface area contributed by atoms with Gasteiger partial charge in [-0.3, -0.25) is 9.69 Å². The highest BCUT2D eigenvalue weighted by Gasteiger charge is 2.22. The van der Waals surface area contributed by atoms with E-state index in [0.29, 0.717) is 46.1 Å². The molecule has 4 aromatic rings. The molecule has 3 heterocycles. The van der Waals surface area contributed by atoms with E-state index in [0.717, 1.165) is 42.3 Å². The van der Waals surface area contributed by atoms with E-state index in [-0.39, 0.29) is 11.4 Å². The van der Waals surface area contributed by atoms with Crippen LogP contribution in [0.5, 0.6) is 5.75 Å². The summed E-state index contributed by atoms with van der Waals surface area (Å²) in [6.07, 6.45) is 0.757. The second-order valence-electron chi connectivity index (χ2n) is 8.89. The lowest BCUT2D eigenvalue weighted by molar-refractivity contribution is 0.165. The molecule has 3 N–H and O–H groups in total. The number of fused-ring (bicyclic) bond motifs is 3. The third kappa shape index (κ3) is 4.61. The number of hydrogen-bond acceptors (Lipinski definition) is 5. The Morgan fingerprint density at radius 3 is 2.77 bits per heavy atom. The number of hydrogen-bond donors (Lipinski definition) is 3. The van der Waals surface area contributed by atoms with Gasteiger partial charge in [0.1, 0.15) is 16.3 Å². The largest absolute Gasteiger partial charge is 0.496 e. The normalized spacial score (nSPS) is 15.0. The summed E-state index contributed by atoms with van der Waals surface area (Å²) in [5.74, 6) is 0.636. The third-order valence-electron chi connectivity index (χ3n) is 6.76. The van der Waals surface area contributed by atoms with Crippen LogP contribution < -0.4 is 15.6 Å². The molecule has 0 unspecified atom stereocenters. The first-order valence-corrected chi connectivity index (χ1v) is 12.4. The van der Waals surface area contributed by atoms with Crippen LogP contribution in [0.2, 0.25) is 0 Å². The number of aromatic amines is 1. The molecule has 0 aliphatic carbocycles. The van der Waals surface area contributed by atoms with Crippen LogP contribution in [-0.2, 0) is 6.54 Å². The molecule has 0 saturated carbocycles. The summed E-state index contributed by atoms with van der Waals surface area (Å²) < 4.78 is 21.6. The molecular weight excluding hydrogens is 469 g/mol. The molecule has 1 saturated heterocycles. The summed E-state index contributed by atoms with van der Waals surface area (Å²) in [7, 11) is 1.58. The van der Waals surface area contributed by atoms with E-state index in [1.165, 1.54) is 11.3 Å². The van der Waals surface area contributed by atoms with E-state index in [2.05, 4.69) is 15.2 Å². The lowest BCUT2D eigenvalue weighted by Gasteiger charge is -2.32. The number of likely N-dealkylation sites (tertiary alicyclic amines) is 1. The molecule has 7 nitrogen and oxygen atoms in total. The maximum Gasteiger partial charge on any atom is 0.404 e. The Bertz CT molecular complexity index is 1460. The predicted molar refractivity (Wildman–Crippen MR) is 136 cm³/mol. The van der Waals surface area contributed by atoms with Crippen molar-refractivity contribution < 1.29 is 19.0 Å². The van der Waals surface area contributed by atoms with Crippen LogP contribution in [0.3, 0.4) is 0 Å². The van der Waals surface area contributed by atoms with Crippen LogP contribution in [-0.4, -0.2) is 47.8 Å². The van der Waals surface area contributed by atoms with Crippen molar-refractivity contribution in [1.82, 2.24) is 15.2 Å². The number of nitrogens with one attached hydrogen (secondary N) is 2. The van der Waals surface area contributed by atoms with E-state index in [9.17, 15) is 9.59 Å². The van der Waals surface area contributed by atoms with E-state index in [1.807, 2.05) is 29.6 Å². The number of piperidine rings is 1. The number of amides is 1. The van der Waals surface area contributed by atoms with Crippen LogP contribution in [0.15, 0.2) is 46.6 Å². The van der Waals surface area contributed by atoms with E-state index in [1.54, 1.807) is 19.2 Å². The van der Waals surface area contributed by atoms with Crippen LogP contribution in [0, 0.1) is 11.7 Å². The molecule has 1 amide bonds. The van der Waals surface area contributed by atoms with E-state index >= 15 is 4.39 Å². The summed E-state index contributed by atoms with van der Waals surface area (Å²) in [6, 6.07) is 10.8. The summed E-state index contributed by atoms with van der Waals surface area (Å²) in [6.45, 7) is 2.56. The van der Waals surface area contributed by atoms with Crippen molar-refractivity contribution in [3.05, 3.63) is 63.5 Å². The smallest absolute Gasteiger partial charge is 0.404 e. The van der Waals surface area contributed by atoms with E-state index in [4.69, 9.17) is 9.84 Å². The molecule has 5 rings (SSSR count). The van der Waals surface area contributed by atoms with E-state index < -0.39 is 6.09 Å². The Morgan fingerprint density at radius 1 is 1.26 bits per heavy atom. The monoisotopic (exact) mass is 495 g/mol. The van der Waals surface area contributed by atoms with Gasteiger partial charge >= 0.3 is 6.09 Å². The Labute approximate surface area is 205 Å². The van der Waals surface area contributed by atoms with Crippen molar-refractivity contribution in [2.24, 2.45) is 5.92 Å². The van der Waals surface area contributed by atoms with Crippen LogP contribution in [0.25, 0.3) is 32.1 Å². The van der Waals surface area contributed by atoms with Gasteiger partial charge in [0, 0.05) is 40.5 Å². The molecule has 2 aromatic heterocycles. The van der Waals surface area contributed by atoms with Gasteiger partial charge in [-0.15, -0.1) is 11.3 Å². The molecule has 1 fully saturated rings. The number of benzene rings is 2. The number of thiophene rings is 1. The fourth-order valence-electron chi connectivity index (χ4n) is 4.94. The third-order valence-corrected chi connectivity index (χ3v) is 7.67. The zero-order chi connectivity index (χ0) is 24.5. The molecule has 0 spiro atoms. The van der Waals surface area contributed by atoms with Crippen molar-refractivity contribution >= 4 is 38.4 Å². The average Bonchev–Trinajstić information content (AvgIpc) is 3.35. The number of carboxylic acid groups (broad SMARTS) is 1. The van der Waals surface area contributed by atoms with Crippen LogP contribution in [0.1, 0.15) is 18.4 Å². The Kier molecular flexibility index (Phi) is 6.44. The fraction of sp³-hybridized carbons (Fsp3) is 0.308. The maximum absolute atomic E-state index is 15.3. The summed E-state index contributed by atoms with van der Waals surface area (Å²) >= 11 is 1.38. The Hall–Kier alpha value is -3.43. The molecule has 0 radical (unpaired) electrons. The van der Waals surface area contributed by atoms with Gasteiger partial charge in [0.2, 0.25) is 0 Å². The van der Waals surface area contributed by atoms with Gasteiger partial charge in [-0.05, 0) is 67.1 Å². The molecule has 2 aromatic carbocycles. The van der Waals surface area contributed by atoms with Gasteiger partial charge in [-0.2, -0.15) is 0 Å². The second-order valence-corrected chi connectivity index (χ2v) is 9.81. The van der Waals surface area contributed by atoms with Crippen molar-refractivity contribution in [2.75, 3.05) is 26.7 Å². The number of halogens is 1. The highest BCUT2D eigenvalue weighted by atomic mass is 32.1. The number of ether oxygens (including phenoxy) is 1. The maximum atomic E-state index is 15.3. The minimum absolute atomic E-state index is 0.136. The zero-order valence-corrected chi connectivity index (χ0v) is 20.1. The van der Waals surface area contributed by atoms with Crippen LogP contribution in [0.4, 0.5) is 9.18 Å². The van der Waals surface area contributed by atoms with Crippen molar-refractivity contribution in [3.63, 3.8) is 0 Å². The minimum atomic E-state index is -0.997. The summed E-state index contributed by atoms with van der Waals surface area (Å²) in [4.78, 5) is 28.3. The van der Waals surface area contributed by atoms with Crippen molar-refractivity contribution in [2.45, 2.75) is 19.4 Å². The molecule has 0 atom stereocenters. The number of methoxy groups -OCH3 is 1. The molecule has 0 bridgehead atoms. The van der Waals surface area contributed by atoms with Crippen molar-refractivity contribution in [3.8, 4) is 16.9 Å². The SMILES string of the molecule is COc1ccc2[nH]c(=O)c3sccc3c2c1-c1ccc(CN2CCC(CNC(=O)O)CC2)c(F)c1. The summed E-state index contributed by atoms with van der Waals surface area (Å²) in [5.41, 5.74) is 2.60. The lowest BCUT2D eigenvalue weighted by Crippen LogP contribution is -2.38. The van der Waals surface area contributed by atoms with Gasteiger partial charge in [-0.25, -0.2) is 9.18 Å². The highest BCUT2D eigenvalue weighted by Crippen LogP contribution is 2.40. The summed E-state index contributed by atoms with van der Waals surface area (Å²) in [5, 5.41) is 14.8. The lowest BCUT2D eigenvalue weighted by atomic mass is 9.95. The number of pyridine rings is 1. The first-order valence-electron chi connectivity index (χ1n) is 11.5. The Balaban J connectivity index is 1.43. The number of nitrogens with zero attached hydrogens (tertiary/aromatic N) is 1. The molecule has 182 valence electrons. The zero-order valence-electron chi connectivity index (χ0n) is 19.3. The van der Waals surface area contributed by atoms with Gasteiger partial charge in [0.25, 0.3) is 5.56 Å². The van der Waals surface area contributed by atoms with Gasteiger partial charge in [0.05, 0.1) is 7.11 Å². The molecule has 35 heavy (non-hydrogen) atoms. The quantitative estimate of drug-likeness (QED) is 0.349. The Morgan fingerprint density at radius 2 is 2.06 bits per heavy atom. The first-order chi connectivity index (χ1) is 16.9. The average molecular weight is 496 g/mol. The van der Waals surface area contributed by atoms with Gasteiger partial charge in [-0.1, -0.05) is 12.1 Å². The number of aromatic nitrogens is 1. The molecular formula is C26H26FN3O4S. The topological polar surface area (TPSA) is 94.7 Å². The van der Waals surface area contributed by atoms with Gasteiger partial charge < -0.3 is 20.1 Å². The molecule has 1 aliphatic rings. The number of H-pyrrole nitrogens is 1. The first kappa shape index (κ1) is 23.3. The standard InChI is InChI=1S/C26H26FN3O4S/c1-34-21-5-4-20-23(18-8-11-35-24(18)25(31)29-20)22(21)16-2-3-17(19(27)12-16)14-30-9-6-15(7-10-30)13-28-26(32)33/h2-5,8,11-12,15,28H,6-7,9-10,13-14H2,1H3,(H,29,31)(H,32,33). The fourth-order valence-corrected chi connectivity index (χ4v) is 5.73. The van der Waals surface area contributed by atoms with Crippen LogP contribution >= 0.6 is 11.3 Å². The van der Waals surface area contributed by atoms with Crippen molar-refractivity contribution in [1.29, 1.82) is 0 Å². The minimum Gasteiger partial charge on any atom is -0.496 e. The molecule has 9 heteroatoms. The predicted octanol–water partition coefficient (Wildman–Crippen LogP) is 5.04. The molecule has 1 aliphatic heterocycles. The second kappa shape index (κ2) is 9.67. The number of rotatable bonds is 6.